The minimum absolute atomic E-state index is 0.285. The van der Waals surface area contributed by atoms with Gasteiger partial charge in [-0.05, 0) is 0 Å². The number of amides is 2. The summed E-state index contributed by atoms with van der Waals surface area (Å²) >= 11 is 14.4. The molecule has 0 radical (unpaired) electrons. The minimum Gasteiger partial charge on any atom is -0.512 e. The number of hydrogen-bond donors (Lipinski definition) is 1. The highest BCUT2D eigenvalue weighted by Crippen LogP contribution is 1.97. The van der Waals surface area contributed by atoms with Crippen LogP contribution in [0.2, 0.25) is 0 Å². The molecule has 0 aliphatic rings. The Hall–Kier alpha value is -0.370. The molecule has 0 bridgehead atoms. The molecule has 0 heterocycles. The lowest BCUT2D eigenvalue weighted by molar-refractivity contribution is 0.242. The summed E-state index contributed by atoms with van der Waals surface area (Å²) in [5.41, 5.74) is 0. The van der Waals surface area contributed by atoms with Crippen LogP contribution in [-0.4, -0.2) is 9.97 Å². The van der Waals surface area contributed by atoms with Crippen LogP contribution in [0.1, 0.15) is 0 Å². The van der Waals surface area contributed by atoms with Crippen LogP contribution in [0.4, 0.5) is 4.79 Å². The van der Waals surface area contributed by atoms with E-state index in [-0.39, 0.29) is 3.94 Å². The maximum atomic E-state index is 9.93. The third kappa shape index (κ3) is 7.63. The molecule has 0 aliphatic carbocycles. The lowest BCUT2D eigenvalue weighted by atomic mass is 11.2. The van der Waals surface area contributed by atoms with Crippen molar-refractivity contribution in [2.24, 2.45) is 0 Å². The predicted octanol–water partition coefficient (Wildman–Crippen LogP) is 1.56. The fourth-order valence-electron chi connectivity index (χ4n) is 0.0319. The van der Waals surface area contributed by atoms with Gasteiger partial charge in [-0.25, -0.2) is 9.63 Å². The van der Waals surface area contributed by atoms with Crippen molar-refractivity contribution in [1.82, 2.24) is 8.77 Å². The molecule has 2 amide bonds. The fourth-order valence-corrected chi connectivity index (χ4v) is 0.287. The third-order valence-electron chi connectivity index (χ3n) is 0.234. The van der Waals surface area contributed by atoms with Gasteiger partial charge < -0.3 is 11.8 Å². The molecule has 7 heteroatoms. The van der Waals surface area contributed by atoms with Gasteiger partial charge in [-0.2, -0.15) is 0 Å². The summed E-state index contributed by atoms with van der Waals surface area (Å²) in [5, 5.41) is 6.25. The second kappa shape index (κ2) is 7.63. The largest absolute Gasteiger partial charge is 0.512 e. The Kier molecular flexibility index (Phi) is 9.69. The van der Waals surface area contributed by atoms with Crippen molar-refractivity contribution < 1.29 is 4.79 Å². The average Bonchev–Trinajstić information content (AvgIpc) is 1.91. The summed E-state index contributed by atoms with van der Waals surface area (Å²) in [6.45, 7) is 4.75. The molecule has 52 valence electrons. The van der Waals surface area contributed by atoms with Crippen LogP contribution in [0, 0.1) is 11.8 Å². The first-order chi connectivity index (χ1) is 4.18. The van der Waals surface area contributed by atoms with E-state index in [1.165, 1.54) is 0 Å². The molecule has 0 aliphatic heterocycles. The lowest BCUT2D eigenvalue weighted by Crippen LogP contribution is -2.19. The van der Waals surface area contributed by atoms with Gasteiger partial charge in [0.15, 0.2) is 0 Å². The van der Waals surface area contributed by atoms with E-state index in [4.69, 9.17) is 47.2 Å². The van der Waals surface area contributed by atoms with E-state index < -0.39 is 6.03 Å². The van der Waals surface area contributed by atoms with Crippen LogP contribution in [0.25, 0.3) is 0 Å². The molecule has 1 N–H and O–H groups in total. The van der Waals surface area contributed by atoms with Crippen molar-refractivity contribution in [3.63, 3.8) is 0 Å². The molecule has 0 aromatic carbocycles. The van der Waals surface area contributed by atoms with Gasteiger partial charge in [0.25, 0.3) is 0 Å². The molecule has 0 aromatic heterocycles. The van der Waals surface area contributed by atoms with E-state index in [1.807, 2.05) is 0 Å². The molecule has 0 fully saturated rings. The van der Waals surface area contributed by atoms with E-state index in [9.17, 15) is 4.79 Å². The average molecular weight is 189 g/mol. The van der Waals surface area contributed by atoms with Crippen LogP contribution in [0.3, 0.4) is 0 Å². The van der Waals surface area contributed by atoms with E-state index >= 15 is 0 Å². The van der Waals surface area contributed by atoms with Crippen molar-refractivity contribution in [2.45, 2.75) is 0 Å². The first kappa shape index (κ1) is 11.4. The summed E-state index contributed by atoms with van der Waals surface area (Å²) in [6.07, 6.45) is 0. The Morgan fingerprint density at radius 1 is 1.56 bits per heavy atom. The van der Waals surface area contributed by atoms with Crippen LogP contribution >= 0.6 is 35.3 Å². The van der Waals surface area contributed by atoms with Crippen molar-refractivity contribution in [1.29, 1.82) is 5.26 Å². The van der Waals surface area contributed by atoms with Gasteiger partial charge >= 0.3 is 6.03 Å². The number of rotatable bonds is 0. The smallest absolute Gasteiger partial charge is 0.361 e. The number of urea groups is 1. The SMILES string of the molecule is O=C(NCl)N(Cl)Cl.[C-]#N. The fraction of sp³-hybridized carbons (Fsp3) is 0. The highest BCUT2D eigenvalue weighted by molar-refractivity contribution is 6.43. The Morgan fingerprint density at radius 2 is 1.89 bits per heavy atom. The van der Waals surface area contributed by atoms with Crippen molar-refractivity contribution in [3.8, 4) is 0 Å². The van der Waals surface area contributed by atoms with Crippen LogP contribution < -0.4 is 4.84 Å². The number of hydrogen-bond acceptors (Lipinski definition) is 2. The number of nitrogens with zero attached hydrogens (tertiary/aromatic N) is 2. The predicted molar refractivity (Wildman–Crippen MR) is 32.9 cm³/mol. The highest BCUT2D eigenvalue weighted by atomic mass is 35.5. The Balaban J connectivity index is 0. The summed E-state index contributed by atoms with van der Waals surface area (Å²) in [5.74, 6) is 0. The summed E-state index contributed by atoms with van der Waals surface area (Å²) in [7, 11) is 0. The quantitative estimate of drug-likeness (QED) is 0.464. The van der Waals surface area contributed by atoms with Crippen molar-refractivity contribution in [3.05, 3.63) is 6.57 Å². The first-order valence-electron chi connectivity index (χ1n) is 1.43. The standard InChI is InChI=1S/CHCl3N2O.CN/c2-5-1(7)6(3)4;1-2/h(H,5,7);/q;-1. The van der Waals surface area contributed by atoms with Gasteiger partial charge in [0.05, 0.1) is 0 Å². The molecule has 0 atom stereocenters. The zero-order chi connectivity index (χ0) is 7.86. The van der Waals surface area contributed by atoms with Gasteiger partial charge in [-0.3, -0.25) is 0 Å². The Morgan fingerprint density at radius 3 is 1.89 bits per heavy atom. The van der Waals surface area contributed by atoms with E-state index in [1.54, 1.807) is 4.84 Å². The number of nitrogens with one attached hydrogen (secondary N) is 1. The number of carbonyl (C=O) groups excluding carboxylic acids is 1. The summed E-state index contributed by atoms with van der Waals surface area (Å²) in [6, 6.07) is -0.773. The maximum absolute atomic E-state index is 9.93. The Bertz CT molecular complexity index is 102. The normalized spacial score (nSPS) is 6.33. The molecule has 4 nitrogen and oxygen atoms in total. The van der Waals surface area contributed by atoms with E-state index in [0.29, 0.717) is 0 Å². The molecular weight excluding hydrogens is 188 g/mol. The van der Waals surface area contributed by atoms with Gasteiger partial charge in [-0.15, -0.1) is 3.94 Å². The van der Waals surface area contributed by atoms with Crippen molar-refractivity contribution in [2.75, 3.05) is 0 Å². The third-order valence-corrected chi connectivity index (χ3v) is 0.703. The molecule has 0 spiro atoms. The van der Waals surface area contributed by atoms with Crippen molar-refractivity contribution >= 4 is 41.4 Å². The highest BCUT2D eigenvalue weighted by Gasteiger charge is 2.02. The molecule has 0 saturated heterocycles. The second-order valence-corrected chi connectivity index (χ2v) is 1.67. The van der Waals surface area contributed by atoms with Gasteiger partial charge in [0.1, 0.15) is 0 Å². The van der Waals surface area contributed by atoms with Gasteiger partial charge in [0.2, 0.25) is 0 Å². The summed E-state index contributed by atoms with van der Waals surface area (Å²) < 4.78 is 0.285. The monoisotopic (exact) mass is 188 g/mol. The summed E-state index contributed by atoms with van der Waals surface area (Å²) in [4.78, 5) is 11.6. The van der Waals surface area contributed by atoms with Crippen LogP contribution in [-0.2, 0) is 0 Å². The second-order valence-electron chi connectivity index (χ2n) is 0.633. The minimum atomic E-state index is -0.773. The molecule has 0 unspecified atom stereocenters. The zero-order valence-electron chi connectivity index (χ0n) is 3.94. The van der Waals surface area contributed by atoms with E-state index in [2.05, 4.69) is 0 Å². The van der Waals surface area contributed by atoms with Crippen LogP contribution in [0.5, 0.6) is 0 Å². The molecular formula is C2HCl3N3O-. The van der Waals surface area contributed by atoms with Crippen LogP contribution in [0.15, 0.2) is 0 Å². The molecule has 0 saturated carbocycles. The van der Waals surface area contributed by atoms with Gasteiger partial charge in [0, 0.05) is 35.3 Å². The first-order valence-corrected chi connectivity index (χ1v) is 2.48. The number of carbonyl (C=O) groups is 1. The van der Waals surface area contributed by atoms with Gasteiger partial charge in [-0.1, -0.05) is 0 Å². The topological polar surface area (TPSA) is 56.1 Å². The molecule has 0 rings (SSSR count). The lowest BCUT2D eigenvalue weighted by Gasteiger charge is -1.96. The number of halogens is 3. The van der Waals surface area contributed by atoms with E-state index in [0.717, 1.165) is 0 Å². The molecule has 0 aromatic rings. The molecule has 9 heavy (non-hydrogen) atoms. The zero-order valence-corrected chi connectivity index (χ0v) is 6.20. The Labute approximate surface area is 67.2 Å². The maximum Gasteiger partial charge on any atom is 0.361 e.